The number of Topliss-reactive ketones (excluding diaryl/α,β-unsaturated/α-hetero) is 2. The summed E-state index contributed by atoms with van der Waals surface area (Å²) in [6.45, 7) is 15.7. The highest BCUT2D eigenvalue weighted by Gasteiger charge is 2.60. The molecule has 2 aliphatic heterocycles. The summed E-state index contributed by atoms with van der Waals surface area (Å²) in [6.07, 6.45) is 5.18. The summed E-state index contributed by atoms with van der Waals surface area (Å²) in [6, 6.07) is 0. The van der Waals surface area contributed by atoms with Crippen LogP contribution in [0.1, 0.15) is 127 Å². The van der Waals surface area contributed by atoms with Crippen molar-refractivity contribution >= 4 is 29.3 Å². The highest BCUT2D eigenvalue weighted by molar-refractivity contribution is 6.02. The van der Waals surface area contributed by atoms with Crippen molar-refractivity contribution in [1.29, 1.82) is 0 Å². The fourth-order valence-corrected chi connectivity index (χ4v) is 9.14. The zero-order chi connectivity index (χ0) is 39.6. The number of esters is 2. The van der Waals surface area contributed by atoms with Crippen molar-refractivity contribution < 1.29 is 48.4 Å². The van der Waals surface area contributed by atoms with Crippen LogP contribution in [0.4, 0.5) is 0 Å². The molecule has 10 nitrogen and oxygen atoms in total. The Balaban J connectivity index is 2.05. The van der Waals surface area contributed by atoms with E-state index in [-0.39, 0.29) is 49.0 Å². The third kappa shape index (κ3) is 9.03. The van der Waals surface area contributed by atoms with E-state index in [1.807, 2.05) is 46.8 Å². The van der Waals surface area contributed by atoms with E-state index in [0.717, 1.165) is 16.7 Å². The number of allylic oxidation sites excluding steroid dienone is 7. The van der Waals surface area contributed by atoms with Crippen LogP contribution < -0.4 is 0 Å². The van der Waals surface area contributed by atoms with Gasteiger partial charge < -0.3 is 24.4 Å². The molecule has 4 aliphatic rings. The minimum atomic E-state index is -1.73. The lowest BCUT2D eigenvalue weighted by Gasteiger charge is -2.50. The lowest BCUT2D eigenvalue weighted by atomic mass is 9.53. The Hall–Kier alpha value is -3.21. The van der Waals surface area contributed by atoms with Crippen LogP contribution in [0.25, 0.3) is 0 Å². The van der Waals surface area contributed by atoms with Gasteiger partial charge >= 0.3 is 11.9 Å². The van der Waals surface area contributed by atoms with Crippen molar-refractivity contribution in [2.45, 2.75) is 156 Å². The molecule has 9 atom stereocenters. The first-order valence-corrected chi connectivity index (χ1v) is 19.3. The molecule has 0 amide bonds. The van der Waals surface area contributed by atoms with E-state index < -0.39 is 64.6 Å². The number of fused-ring (bicyclic) bond motifs is 5. The first-order chi connectivity index (χ1) is 24.6. The number of rotatable bonds is 3. The first-order valence-electron chi connectivity index (χ1n) is 19.3. The zero-order valence-electron chi connectivity index (χ0n) is 33.5. The molecule has 0 unspecified atom stereocenters. The summed E-state index contributed by atoms with van der Waals surface area (Å²) in [7, 11) is 1.26. The predicted octanol–water partition coefficient (Wildman–Crippen LogP) is 6.66. The SMILES string of the molecule is COC(=O)[C@]12CC(=O)[C@H](C(C)C)CC(=O)/C(C)=C/CC/C(C)=C/C(=O)[C@@H]1CC(C)=C1C[C@H](OC(C)=O)[C@@](C)(O)[C@H]3CC[C@](C)(O)[C@H](CC/C(C)=C/[C@@H]12)O3. The average Bonchev–Trinajstić information content (AvgIpc) is 3.06. The van der Waals surface area contributed by atoms with E-state index >= 15 is 0 Å². The van der Waals surface area contributed by atoms with E-state index in [1.54, 1.807) is 26.8 Å². The van der Waals surface area contributed by atoms with Gasteiger partial charge in [0.15, 0.2) is 11.6 Å². The van der Waals surface area contributed by atoms with Gasteiger partial charge in [-0.15, -0.1) is 0 Å². The average molecular weight is 739 g/mol. The highest BCUT2D eigenvalue weighted by Crippen LogP contribution is 2.56. The number of ketones is 3. The Morgan fingerprint density at radius 3 is 2.25 bits per heavy atom. The Kier molecular flexibility index (Phi) is 13.4. The van der Waals surface area contributed by atoms with Gasteiger partial charge in [-0.3, -0.25) is 24.0 Å². The topological polar surface area (TPSA) is 154 Å². The summed E-state index contributed by atoms with van der Waals surface area (Å²) < 4.78 is 17.9. The molecule has 10 heteroatoms. The maximum atomic E-state index is 14.8. The molecule has 0 aromatic carbocycles. The fraction of sp³-hybridized carbons (Fsp3) is 0.698. The number of methoxy groups -OCH3 is 1. The van der Waals surface area contributed by atoms with Gasteiger partial charge in [0.25, 0.3) is 0 Å². The smallest absolute Gasteiger partial charge is 0.313 e. The molecule has 1 fully saturated rings. The molecule has 0 aromatic rings. The number of aliphatic hydroxyl groups is 2. The van der Waals surface area contributed by atoms with Crippen LogP contribution in [-0.2, 0) is 38.2 Å². The van der Waals surface area contributed by atoms with Gasteiger partial charge in [0.2, 0.25) is 0 Å². The van der Waals surface area contributed by atoms with Crippen molar-refractivity contribution in [2.24, 2.45) is 29.1 Å². The van der Waals surface area contributed by atoms with E-state index in [2.05, 4.69) is 0 Å². The van der Waals surface area contributed by atoms with Crippen LogP contribution in [0.3, 0.4) is 0 Å². The van der Waals surface area contributed by atoms with Crippen LogP contribution in [0, 0.1) is 29.1 Å². The Labute approximate surface area is 315 Å². The monoisotopic (exact) mass is 738 g/mol. The summed E-state index contributed by atoms with van der Waals surface area (Å²) in [5.74, 6) is -4.86. The summed E-state index contributed by atoms with van der Waals surface area (Å²) in [5.41, 5.74) is -0.945. The third-order valence-corrected chi connectivity index (χ3v) is 12.6. The Morgan fingerprint density at radius 2 is 1.62 bits per heavy atom. The minimum absolute atomic E-state index is 0.00736. The molecule has 2 heterocycles. The van der Waals surface area contributed by atoms with Gasteiger partial charge in [-0.25, -0.2) is 0 Å². The summed E-state index contributed by atoms with van der Waals surface area (Å²) in [5, 5.41) is 23.6. The highest BCUT2D eigenvalue weighted by atomic mass is 16.6. The molecule has 294 valence electrons. The van der Waals surface area contributed by atoms with Gasteiger partial charge in [0.1, 0.15) is 17.5 Å². The quantitative estimate of drug-likeness (QED) is 0.238. The molecule has 0 aromatic heterocycles. The van der Waals surface area contributed by atoms with Crippen LogP contribution in [-0.4, -0.2) is 76.1 Å². The molecule has 2 aliphatic carbocycles. The van der Waals surface area contributed by atoms with Crippen LogP contribution >= 0.6 is 0 Å². The number of hydrogen-bond donors (Lipinski definition) is 2. The van der Waals surface area contributed by atoms with E-state index in [0.29, 0.717) is 49.7 Å². The van der Waals surface area contributed by atoms with Crippen LogP contribution in [0.2, 0.25) is 0 Å². The van der Waals surface area contributed by atoms with E-state index in [1.165, 1.54) is 14.0 Å². The minimum Gasteiger partial charge on any atom is -0.469 e. The van der Waals surface area contributed by atoms with Gasteiger partial charge in [-0.05, 0) is 104 Å². The van der Waals surface area contributed by atoms with Crippen molar-refractivity contribution in [3.05, 3.63) is 46.1 Å². The molecule has 2 bridgehead atoms. The Morgan fingerprint density at radius 1 is 0.943 bits per heavy atom. The first kappa shape index (κ1) is 42.5. The van der Waals surface area contributed by atoms with E-state index in [4.69, 9.17) is 14.2 Å². The van der Waals surface area contributed by atoms with Gasteiger partial charge in [-0.1, -0.05) is 48.3 Å². The molecular weight excluding hydrogens is 676 g/mol. The number of ether oxygens (including phenoxy) is 3. The molecular formula is C43H62O10. The van der Waals surface area contributed by atoms with Crippen molar-refractivity contribution in [3.8, 4) is 0 Å². The second-order valence-corrected chi connectivity index (χ2v) is 17.1. The van der Waals surface area contributed by atoms with Crippen LogP contribution in [0.5, 0.6) is 0 Å². The predicted molar refractivity (Wildman–Crippen MR) is 200 cm³/mol. The zero-order valence-corrected chi connectivity index (χ0v) is 33.5. The normalized spacial score (nSPS) is 39.7. The third-order valence-electron chi connectivity index (χ3n) is 12.6. The van der Waals surface area contributed by atoms with Gasteiger partial charge in [0.05, 0.1) is 30.3 Å². The number of carbonyl (C=O) groups excluding carboxylic acids is 5. The summed E-state index contributed by atoms with van der Waals surface area (Å²) in [4.78, 5) is 70.3. The second-order valence-electron chi connectivity index (χ2n) is 17.1. The van der Waals surface area contributed by atoms with Crippen LogP contribution in [0.15, 0.2) is 46.1 Å². The van der Waals surface area contributed by atoms with Crippen molar-refractivity contribution in [2.75, 3.05) is 7.11 Å². The lowest BCUT2D eigenvalue weighted by molar-refractivity contribution is -0.239. The molecule has 2 N–H and O–H groups in total. The van der Waals surface area contributed by atoms with Crippen molar-refractivity contribution in [1.82, 2.24) is 0 Å². The molecule has 4 rings (SSSR count). The molecule has 0 saturated carbocycles. The molecule has 53 heavy (non-hydrogen) atoms. The molecule has 0 radical (unpaired) electrons. The van der Waals surface area contributed by atoms with Gasteiger partial charge in [0, 0.05) is 43.9 Å². The maximum absolute atomic E-state index is 14.8. The summed E-state index contributed by atoms with van der Waals surface area (Å²) >= 11 is 0. The molecule has 1 saturated heterocycles. The van der Waals surface area contributed by atoms with E-state index in [9.17, 15) is 34.2 Å². The fourth-order valence-electron chi connectivity index (χ4n) is 9.14. The van der Waals surface area contributed by atoms with Crippen molar-refractivity contribution in [3.63, 3.8) is 0 Å². The number of carbonyl (C=O) groups is 5. The number of hydrogen-bond acceptors (Lipinski definition) is 10. The van der Waals surface area contributed by atoms with Gasteiger partial charge in [-0.2, -0.15) is 0 Å². The standard InChI is InChI=1S/C43H62O10/c1-24(2)30-21-34(45)27(5)13-11-12-25(3)19-35(46)33-20-28(6)31-22-39(52-29(7)44)42(9,50)38-16-17-41(8,49)37(53-38)15-14-26(4)18-32(31)43(33,23-36(30)47)40(48)51-10/h13,18-19,24,30,32-33,37-39,49-50H,11-12,14-17,20-23H2,1-10H3/b25-19+,26-18+,27-13+/t30-,32-,33-,37-,38+,39-,41-,42-,43-/m0/s1. The second kappa shape index (κ2) is 16.7. The Bertz CT molecular complexity index is 1590. The maximum Gasteiger partial charge on any atom is 0.313 e. The molecule has 0 spiro atoms. The largest absolute Gasteiger partial charge is 0.469 e. The lowest BCUT2D eigenvalue weighted by Crippen LogP contribution is -2.59.